The number of rotatable bonds is 7. The second-order valence-electron chi connectivity index (χ2n) is 6.51. The smallest absolute Gasteiger partial charge is 0.223 e. The van der Waals surface area contributed by atoms with Crippen molar-refractivity contribution in [1.29, 1.82) is 0 Å². The van der Waals surface area contributed by atoms with Crippen LogP contribution in [-0.2, 0) is 10.5 Å². The molecule has 1 aliphatic rings. The molecule has 8 heteroatoms. The highest BCUT2D eigenvalue weighted by atomic mass is 32.2. The third-order valence-corrected chi connectivity index (χ3v) is 6.68. The molecule has 1 fully saturated rings. The summed E-state index contributed by atoms with van der Waals surface area (Å²) in [6.07, 6.45) is 5.23. The average molecular weight is 403 g/mol. The van der Waals surface area contributed by atoms with E-state index in [1.54, 1.807) is 35.6 Å². The van der Waals surface area contributed by atoms with E-state index in [2.05, 4.69) is 20.2 Å². The van der Waals surface area contributed by atoms with Gasteiger partial charge in [-0.25, -0.2) is 9.97 Å². The fourth-order valence-electron chi connectivity index (χ4n) is 3.18. The molecule has 0 atom stereocenters. The van der Waals surface area contributed by atoms with Gasteiger partial charge in [-0.2, -0.15) is 11.8 Å². The Bertz CT molecular complexity index is 840. The molecule has 3 aromatic heterocycles. The third-order valence-electron chi connectivity index (χ3n) is 4.66. The summed E-state index contributed by atoms with van der Waals surface area (Å²) in [5, 5.41) is 4.09. The van der Waals surface area contributed by atoms with Crippen molar-refractivity contribution >= 4 is 44.5 Å². The Balaban J connectivity index is 1.18. The maximum absolute atomic E-state index is 12.4. The number of nitrogens with zero attached hydrogens (tertiary/aromatic N) is 3. The molecule has 6 nitrogen and oxygen atoms in total. The van der Waals surface area contributed by atoms with Crippen LogP contribution in [0.2, 0.25) is 0 Å². The van der Waals surface area contributed by atoms with Crippen LogP contribution in [0.5, 0.6) is 0 Å². The molecule has 0 bridgehead atoms. The fraction of sp³-hybridized carbons (Fsp3) is 0.421. The van der Waals surface area contributed by atoms with E-state index in [1.165, 1.54) is 0 Å². The van der Waals surface area contributed by atoms with Gasteiger partial charge in [-0.05, 0) is 37.1 Å². The van der Waals surface area contributed by atoms with Crippen molar-refractivity contribution in [1.82, 2.24) is 15.3 Å². The molecule has 0 aliphatic carbocycles. The normalized spacial score (nSPS) is 15.3. The molecule has 0 saturated carbocycles. The minimum absolute atomic E-state index is 0.101. The van der Waals surface area contributed by atoms with Gasteiger partial charge in [-0.1, -0.05) is 11.3 Å². The molecule has 0 unspecified atom stereocenters. The van der Waals surface area contributed by atoms with Crippen molar-refractivity contribution in [2.24, 2.45) is 5.92 Å². The van der Waals surface area contributed by atoms with Crippen LogP contribution in [0, 0.1) is 5.92 Å². The summed E-state index contributed by atoms with van der Waals surface area (Å²) in [4.78, 5) is 24.7. The number of thioether (sulfide) groups is 1. The van der Waals surface area contributed by atoms with E-state index in [1.807, 2.05) is 24.3 Å². The first-order valence-corrected chi connectivity index (χ1v) is 11.1. The lowest BCUT2D eigenvalue weighted by Crippen LogP contribution is -2.41. The summed E-state index contributed by atoms with van der Waals surface area (Å²) in [6.45, 7) is 2.43. The Hall–Kier alpha value is -2.06. The lowest BCUT2D eigenvalue weighted by atomic mass is 9.96. The Labute approximate surface area is 166 Å². The van der Waals surface area contributed by atoms with Gasteiger partial charge in [0.15, 0.2) is 5.13 Å². The van der Waals surface area contributed by atoms with Crippen LogP contribution in [0.1, 0.15) is 18.6 Å². The van der Waals surface area contributed by atoms with E-state index >= 15 is 0 Å². The highest BCUT2D eigenvalue weighted by molar-refractivity contribution is 7.98. The van der Waals surface area contributed by atoms with Crippen molar-refractivity contribution in [3.63, 3.8) is 0 Å². The summed E-state index contributed by atoms with van der Waals surface area (Å²) in [5.41, 5.74) is 0.949. The van der Waals surface area contributed by atoms with Crippen molar-refractivity contribution in [2.45, 2.75) is 18.6 Å². The number of anilines is 1. The molecule has 1 aliphatic heterocycles. The van der Waals surface area contributed by atoms with Gasteiger partial charge in [-0.15, -0.1) is 0 Å². The number of carbonyl (C=O) groups excluding carboxylic acids is 1. The van der Waals surface area contributed by atoms with Crippen molar-refractivity contribution in [3.05, 3.63) is 42.5 Å². The molecule has 1 N–H and O–H groups in total. The molecule has 142 valence electrons. The molecule has 1 saturated heterocycles. The van der Waals surface area contributed by atoms with Gasteiger partial charge in [-0.3, -0.25) is 4.79 Å². The molecule has 0 spiro atoms. The summed E-state index contributed by atoms with van der Waals surface area (Å²) in [5.74, 6) is 2.99. The summed E-state index contributed by atoms with van der Waals surface area (Å²) >= 11 is 3.39. The maximum Gasteiger partial charge on any atom is 0.223 e. The van der Waals surface area contributed by atoms with E-state index < -0.39 is 0 Å². The largest absolute Gasteiger partial charge is 0.468 e. The molecular weight excluding hydrogens is 380 g/mol. The molecule has 3 aromatic rings. The predicted molar refractivity (Wildman–Crippen MR) is 110 cm³/mol. The van der Waals surface area contributed by atoms with Crippen molar-refractivity contribution in [2.75, 3.05) is 30.3 Å². The average Bonchev–Trinajstić information content (AvgIpc) is 3.37. The first-order chi connectivity index (χ1) is 13.3. The lowest BCUT2D eigenvalue weighted by Gasteiger charge is -2.30. The Kier molecular flexibility index (Phi) is 5.94. The second kappa shape index (κ2) is 8.75. The standard InChI is InChI=1S/C19H22N4O2S2/c24-17(20-8-12-26-13-15-3-2-11-25-15)14-5-9-23(10-6-14)19-22-16-4-1-7-21-18(16)27-19/h1-4,7,11,14H,5-6,8-10,12-13H2,(H,20,24). The van der Waals surface area contributed by atoms with E-state index in [0.29, 0.717) is 6.54 Å². The number of hydrogen-bond acceptors (Lipinski definition) is 7. The number of piperidine rings is 1. The minimum Gasteiger partial charge on any atom is -0.468 e. The van der Waals surface area contributed by atoms with Crippen LogP contribution in [0.4, 0.5) is 5.13 Å². The van der Waals surface area contributed by atoms with Gasteiger partial charge in [0.1, 0.15) is 16.1 Å². The number of nitrogens with one attached hydrogen (secondary N) is 1. The van der Waals surface area contributed by atoms with Crippen LogP contribution in [0.25, 0.3) is 10.3 Å². The lowest BCUT2D eigenvalue weighted by molar-refractivity contribution is -0.125. The predicted octanol–water partition coefficient (Wildman–Crippen LogP) is 3.55. The zero-order valence-corrected chi connectivity index (χ0v) is 16.6. The Morgan fingerprint density at radius 2 is 2.22 bits per heavy atom. The number of amides is 1. The zero-order chi connectivity index (χ0) is 18.5. The van der Waals surface area contributed by atoms with Crippen molar-refractivity contribution in [3.8, 4) is 0 Å². The molecule has 27 heavy (non-hydrogen) atoms. The number of thiazole rings is 1. The van der Waals surface area contributed by atoms with E-state index in [4.69, 9.17) is 4.42 Å². The molecule has 4 heterocycles. The van der Waals surface area contributed by atoms with Gasteiger partial charge >= 0.3 is 0 Å². The highest BCUT2D eigenvalue weighted by Gasteiger charge is 2.26. The Morgan fingerprint density at radius 1 is 1.33 bits per heavy atom. The van der Waals surface area contributed by atoms with Crippen LogP contribution in [-0.4, -0.2) is 41.3 Å². The monoisotopic (exact) mass is 402 g/mol. The number of hydrogen-bond donors (Lipinski definition) is 1. The van der Waals surface area contributed by atoms with E-state index in [-0.39, 0.29) is 11.8 Å². The molecule has 4 rings (SSSR count). The van der Waals surface area contributed by atoms with Crippen molar-refractivity contribution < 1.29 is 9.21 Å². The topological polar surface area (TPSA) is 71.3 Å². The Morgan fingerprint density at radius 3 is 3.00 bits per heavy atom. The SMILES string of the molecule is O=C(NCCSCc1ccco1)C1CCN(c2nc3cccnc3s2)CC1. The number of furan rings is 1. The van der Waals surface area contributed by atoms with Crippen LogP contribution in [0.15, 0.2) is 41.1 Å². The molecule has 0 aromatic carbocycles. The van der Waals surface area contributed by atoms with Gasteiger partial charge in [0, 0.05) is 37.5 Å². The molecular formula is C19H22N4O2S2. The highest BCUT2D eigenvalue weighted by Crippen LogP contribution is 2.30. The summed E-state index contributed by atoms with van der Waals surface area (Å²) in [7, 11) is 0. The van der Waals surface area contributed by atoms with Gasteiger partial charge in [0.2, 0.25) is 5.91 Å². The van der Waals surface area contributed by atoms with E-state index in [0.717, 1.165) is 58.7 Å². The molecule has 1 amide bonds. The fourth-order valence-corrected chi connectivity index (χ4v) is 4.90. The number of carbonyl (C=O) groups is 1. The zero-order valence-electron chi connectivity index (χ0n) is 15.0. The van der Waals surface area contributed by atoms with Crippen LogP contribution in [0.3, 0.4) is 0 Å². The van der Waals surface area contributed by atoms with Crippen LogP contribution >= 0.6 is 23.1 Å². The third kappa shape index (κ3) is 4.62. The van der Waals surface area contributed by atoms with E-state index in [9.17, 15) is 4.79 Å². The quantitative estimate of drug-likeness (QED) is 0.610. The number of pyridine rings is 1. The minimum atomic E-state index is 0.101. The van der Waals surface area contributed by atoms with Gasteiger partial charge < -0.3 is 14.6 Å². The number of aromatic nitrogens is 2. The first kappa shape index (κ1) is 18.3. The van der Waals surface area contributed by atoms with Crippen LogP contribution < -0.4 is 10.2 Å². The van der Waals surface area contributed by atoms with Gasteiger partial charge in [0.05, 0.1) is 12.0 Å². The summed E-state index contributed by atoms with van der Waals surface area (Å²) < 4.78 is 5.30. The number of fused-ring (bicyclic) bond motifs is 1. The summed E-state index contributed by atoms with van der Waals surface area (Å²) in [6, 6.07) is 7.78. The second-order valence-corrected chi connectivity index (χ2v) is 8.57. The molecule has 0 radical (unpaired) electrons. The van der Waals surface area contributed by atoms with Gasteiger partial charge in [0.25, 0.3) is 0 Å². The first-order valence-electron chi connectivity index (χ1n) is 9.14. The maximum atomic E-state index is 12.4.